The van der Waals surface area contributed by atoms with Crippen molar-refractivity contribution in [3.05, 3.63) is 60.8 Å². The quantitative estimate of drug-likeness (QED) is 0.0166. The first kappa shape index (κ1) is 51.1. The number of unbranched alkanes of at least 4 members (excludes halogenated alkanes) is 11. The van der Waals surface area contributed by atoms with Gasteiger partial charge in [-0.25, -0.2) is 4.57 Å². The molecule has 55 heavy (non-hydrogen) atoms. The summed E-state index contributed by atoms with van der Waals surface area (Å²) in [6.45, 7) is 4.01. The zero-order valence-electron chi connectivity index (χ0n) is 33.5. The molecule has 0 aromatic heterocycles. The molecule has 13 heteroatoms. The average molecular weight is 801 g/mol. The van der Waals surface area contributed by atoms with E-state index in [-0.39, 0.29) is 13.0 Å². The second kappa shape index (κ2) is 33.1. The molecule has 1 aliphatic carbocycles. The third-order valence-corrected chi connectivity index (χ3v) is 10.1. The minimum absolute atomic E-state index is 0.0609. The lowest BCUT2D eigenvalue weighted by Crippen LogP contribution is -2.64. The summed E-state index contributed by atoms with van der Waals surface area (Å²) in [6.07, 6.45) is 27.4. The molecule has 0 bridgehead atoms. The lowest BCUT2D eigenvalue weighted by Gasteiger charge is -2.41. The highest BCUT2D eigenvalue weighted by Crippen LogP contribution is 2.47. The summed E-state index contributed by atoms with van der Waals surface area (Å²) in [5.74, 6) is -0.562. The number of carbonyl (C=O) groups is 1. The molecule has 0 aliphatic heterocycles. The van der Waals surface area contributed by atoms with Gasteiger partial charge in [-0.3, -0.25) is 13.8 Å². The van der Waals surface area contributed by atoms with Crippen LogP contribution in [0.5, 0.6) is 0 Å². The standard InChI is InChI=1S/C42H73O12P/c1-3-5-7-9-11-13-15-17-18-20-22-24-26-28-30-32-51-33-35(34-52-55(49,50)54-42-40(47)38(45)37(44)39(46)41(42)48)53-36(43)31-29-27-25-23-21-19-16-14-12-10-8-6-4-2/h6,8,12,14-15,17,19,21,25,27,35,37-42,44-48H,3-5,7,9-11,13,16,18,20,22-24,26,28-34H2,1-2H3,(H,49,50)/b8-6-,14-12-,17-15-,21-19-,27-25-. The lowest BCUT2D eigenvalue weighted by atomic mass is 9.85. The van der Waals surface area contributed by atoms with E-state index in [4.69, 9.17) is 18.5 Å². The number of rotatable bonds is 33. The van der Waals surface area contributed by atoms with Gasteiger partial charge in [0.05, 0.1) is 13.2 Å². The van der Waals surface area contributed by atoms with Gasteiger partial charge in [0.15, 0.2) is 0 Å². The van der Waals surface area contributed by atoms with Crippen LogP contribution in [0.3, 0.4) is 0 Å². The summed E-state index contributed by atoms with van der Waals surface area (Å²) in [5.41, 5.74) is 0. The third-order valence-electron chi connectivity index (χ3n) is 9.14. The monoisotopic (exact) mass is 800 g/mol. The number of esters is 1. The van der Waals surface area contributed by atoms with E-state index in [0.29, 0.717) is 13.0 Å². The number of hydrogen-bond donors (Lipinski definition) is 6. The molecule has 0 saturated heterocycles. The molecule has 0 heterocycles. The second-order valence-electron chi connectivity index (χ2n) is 14.1. The van der Waals surface area contributed by atoms with Gasteiger partial charge in [0.25, 0.3) is 0 Å². The molecule has 1 rings (SSSR count). The maximum atomic E-state index is 12.8. The van der Waals surface area contributed by atoms with E-state index in [0.717, 1.165) is 57.8 Å². The molecule has 1 saturated carbocycles. The largest absolute Gasteiger partial charge is 0.472 e. The first-order chi connectivity index (χ1) is 26.5. The van der Waals surface area contributed by atoms with Crippen LogP contribution < -0.4 is 0 Å². The van der Waals surface area contributed by atoms with Crippen molar-refractivity contribution in [2.75, 3.05) is 19.8 Å². The van der Waals surface area contributed by atoms with Crippen LogP contribution in [0.2, 0.25) is 0 Å². The van der Waals surface area contributed by atoms with Crippen molar-refractivity contribution in [2.24, 2.45) is 0 Å². The summed E-state index contributed by atoms with van der Waals surface area (Å²) in [7, 11) is -5.03. The van der Waals surface area contributed by atoms with Gasteiger partial charge in [-0.2, -0.15) is 0 Å². The van der Waals surface area contributed by atoms with Gasteiger partial charge in [-0.05, 0) is 64.2 Å². The summed E-state index contributed by atoms with van der Waals surface area (Å²) < 4.78 is 33.9. The smallest absolute Gasteiger partial charge is 0.457 e. The molecule has 318 valence electrons. The predicted octanol–water partition coefficient (Wildman–Crippen LogP) is 7.47. The molecule has 0 radical (unpaired) electrons. The van der Waals surface area contributed by atoms with Gasteiger partial charge in [0.1, 0.15) is 42.7 Å². The maximum Gasteiger partial charge on any atom is 0.472 e. The average Bonchev–Trinajstić information content (AvgIpc) is 3.17. The van der Waals surface area contributed by atoms with E-state index in [9.17, 15) is 39.8 Å². The van der Waals surface area contributed by atoms with Gasteiger partial charge in [0, 0.05) is 13.0 Å². The Kier molecular flexibility index (Phi) is 30.7. The molecule has 1 aliphatic rings. The van der Waals surface area contributed by atoms with Gasteiger partial charge in [-0.1, -0.05) is 126 Å². The number of aliphatic hydroxyl groups excluding tert-OH is 5. The number of aliphatic hydroxyl groups is 5. The summed E-state index contributed by atoms with van der Waals surface area (Å²) in [4.78, 5) is 23.0. The number of ether oxygens (including phenoxy) is 2. The van der Waals surface area contributed by atoms with E-state index in [2.05, 4.69) is 56.4 Å². The zero-order chi connectivity index (χ0) is 40.6. The molecule has 0 amide bonds. The van der Waals surface area contributed by atoms with Crippen LogP contribution in [0.25, 0.3) is 0 Å². The van der Waals surface area contributed by atoms with Crippen molar-refractivity contribution in [3.8, 4) is 0 Å². The summed E-state index contributed by atoms with van der Waals surface area (Å²) in [5, 5.41) is 50.0. The second-order valence-corrected chi connectivity index (χ2v) is 15.5. The van der Waals surface area contributed by atoms with Crippen molar-refractivity contribution >= 4 is 13.8 Å². The normalized spacial score (nSPS) is 23.9. The van der Waals surface area contributed by atoms with Gasteiger partial charge < -0.3 is 39.9 Å². The van der Waals surface area contributed by atoms with Crippen LogP contribution in [0.4, 0.5) is 0 Å². The van der Waals surface area contributed by atoms with Crippen molar-refractivity contribution in [1.82, 2.24) is 0 Å². The first-order valence-electron chi connectivity index (χ1n) is 20.6. The Labute approximate surface area is 330 Å². The van der Waals surface area contributed by atoms with Crippen LogP contribution in [0, 0.1) is 0 Å². The molecule has 0 aromatic carbocycles. The molecule has 1 fully saturated rings. The van der Waals surface area contributed by atoms with E-state index >= 15 is 0 Å². The topological polar surface area (TPSA) is 192 Å². The molecule has 0 aromatic rings. The maximum absolute atomic E-state index is 12.8. The minimum atomic E-state index is -5.03. The van der Waals surface area contributed by atoms with Crippen LogP contribution in [0.15, 0.2) is 60.8 Å². The first-order valence-corrected chi connectivity index (χ1v) is 22.1. The summed E-state index contributed by atoms with van der Waals surface area (Å²) >= 11 is 0. The molecule has 12 nitrogen and oxygen atoms in total. The van der Waals surface area contributed by atoms with Gasteiger partial charge >= 0.3 is 13.8 Å². The Morgan fingerprint density at radius 1 is 0.600 bits per heavy atom. The van der Waals surface area contributed by atoms with Crippen molar-refractivity contribution < 1.29 is 58.3 Å². The minimum Gasteiger partial charge on any atom is -0.457 e. The van der Waals surface area contributed by atoms with E-state index < -0.39 is 63.1 Å². The Hall–Kier alpha value is -1.96. The number of phosphoric acid groups is 1. The highest BCUT2D eigenvalue weighted by Gasteiger charge is 2.51. The number of hydrogen-bond acceptors (Lipinski definition) is 11. The van der Waals surface area contributed by atoms with Crippen LogP contribution in [0.1, 0.15) is 136 Å². The molecule has 6 N–H and O–H groups in total. The van der Waals surface area contributed by atoms with Gasteiger partial charge in [0.2, 0.25) is 0 Å². The highest BCUT2D eigenvalue weighted by molar-refractivity contribution is 7.47. The fourth-order valence-electron chi connectivity index (χ4n) is 5.83. The third kappa shape index (κ3) is 25.8. The molecular weight excluding hydrogens is 727 g/mol. The summed E-state index contributed by atoms with van der Waals surface area (Å²) in [6, 6.07) is 0. The number of allylic oxidation sites excluding steroid dienone is 10. The molecule has 6 atom stereocenters. The fourth-order valence-corrected chi connectivity index (χ4v) is 6.80. The Morgan fingerprint density at radius 3 is 1.64 bits per heavy atom. The highest BCUT2D eigenvalue weighted by atomic mass is 31.2. The zero-order valence-corrected chi connectivity index (χ0v) is 34.3. The van der Waals surface area contributed by atoms with Crippen LogP contribution >= 0.6 is 7.82 Å². The van der Waals surface area contributed by atoms with Crippen molar-refractivity contribution in [1.29, 1.82) is 0 Å². The van der Waals surface area contributed by atoms with Crippen LogP contribution in [-0.2, 0) is 27.9 Å². The van der Waals surface area contributed by atoms with E-state index in [1.165, 1.54) is 51.4 Å². The van der Waals surface area contributed by atoms with E-state index in [1.807, 2.05) is 18.2 Å². The van der Waals surface area contributed by atoms with Crippen molar-refractivity contribution in [2.45, 2.75) is 179 Å². The molecular formula is C42H73O12P. The predicted molar refractivity (Wildman–Crippen MR) is 216 cm³/mol. The number of phosphoric ester groups is 1. The van der Waals surface area contributed by atoms with Crippen molar-refractivity contribution in [3.63, 3.8) is 0 Å². The number of carbonyl (C=O) groups excluding carboxylic acids is 1. The Morgan fingerprint density at radius 2 is 1.07 bits per heavy atom. The Bertz CT molecular complexity index is 1140. The van der Waals surface area contributed by atoms with E-state index in [1.54, 1.807) is 0 Å². The fraction of sp³-hybridized carbons (Fsp3) is 0.738. The SMILES string of the molecule is CC/C=C\C/C=C\C/C=C\C/C=C\CCC(=O)OC(COCCCCCCCC/C=C\CCCCCCC)COP(=O)(O)OC1C(O)C(O)C(O)C(O)C1O. The molecule has 0 spiro atoms. The lowest BCUT2D eigenvalue weighted by molar-refractivity contribution is -0.220. The Balaban J connectivity index is 2.50. The van der Waals surface area contributed by atoms with Crippen LogP contribution in [-0.4, -0.2) is 98.9 Å². The molecule has 6 unspecified atom stereocenters. The van der Waals surface area contributed by atoms with Gasteiger partial charge in [-0.15, -0.1) is 0 Å².